The molecular formula is C30H39NO21. The van der Waals surface area contributed by atoms with Crippen LogP contribution in [0.1, 0.15) is 48.5 Å². The molecule has 0 saturated carbocycles. The van der Waals surface area contributed by atoms with E-state index in [9.17, 15) is 43.2 Å². The van der Waals surface area contributed by atoms with Gasteiger partial charge in [0.25, 0.3) is 0 Å². The second-order valence-corrected chi connectivity index (χ2v) is 11.4. The zero-order valence-electron chi connectivity index (χ0n) is 29.0. The number of carbonyl (C=O) groups excluding carboxylic acids is 9. The maximum absolute atomic E-state index is 12.5. The molecule has 1 amide bonds. The smallest absolute Gasteiger partial charge is 0.415 e. The Labute approximate surface area is 295 Å². The molecule has 0 bridgehead atoms. The van der Waals surface area contributed by atoms with E-state index in [1.54, 1.807) is 0 Å². The van der Waals surface area contributed by atoms with E-state index in [-0.39, 0.29) is 0 Å². The van der Waals surface area contributed by atoms with Crippen LogP contribution >= 0.6 is 0 Å². The predicted octanol–water partition coefficient (Wildman–Crippen LogP) is -1.74. The van der Waals surface area contributed by atoms with Gasteiger partial charge in [0.2, 0.25) is 0 Å². The summed E-state index contributed by atoms with van der Waals surface area (Å²) in [7, 11) is 0. The molecule has 0 unspecified atom stereocenters. The Morgan fingerprint density at radius 1 is 0.519 bits per heavy atom. The van der Waals surface area contributed by atoms with E-state index < -0.39 is 141 Å². The molecule has 3 heterocycles. The minimum absolute atomic E-state index is 0.606. The summed E-state index contributed by atoms with van der Waals surface area (Å²) in [5.74, 6) is -7.29. The highest BCUT2D eigenvalue weighted by Crippen LogP contribution is 2.35. The molecule has 0 aromatic carbocycles. The van der Waals surface area contributed by atoms with Gasteiger partial charge in [-0.05, 0) is 0 Å². The number of alkyl carbamates (subject to hydrolysis) is 1. The molecule has 1 N–H and O–H groups in total. The van der Waals surface area contributed by atoms with Crippen molar-refractivity contribution in [2.24, 2.45) is 0 Å². The summed E-state index contributed by atoms with van der Waals surface area (Å²) in [5, 5.41) is 2.20. The standard InChI is InChI=1S/C30H39NO21/c1-11(32)41-9-19-21(44-13(3)34)23(45-14(4)35)26(48-17(7)38)29(50-19)51-22-20(10-42-12(2)33)49-28(43-8-18-27(39)52-30(40)31-18)25(47-16(6)37)24(22)46-15(5)36/h18-26,28-29H,8-10H2,1-7H3,(H,31,40)/t18-,19+,20+,21-,22+,23-,24-,25+,26+,28+,29-/m0/s1. The highest BCUT2D eigenvalue weighted by molar-refractivity contribution is 5.95. The molecule has 0 aromatic rings. The first-order chi connectivity index (χ1) is 24.4. The lowest BCUT2D eigenvalue weighted by Gasteiger charge is -2.48. The third kappa shape index (κ3) is 11.8. The molecule has 0 aromatic heterocycles. The van der Waals surface area contributed by atoms with Gasteiger partial charge >= 0.3 is 53.8 Å². The minimum atomic E-state index is -1.87. The van der Waals surface area contributed by atoms with Crippen molar-refractivity contribution in [3.63, 3.8) is 0 Å². The highest BCUT2D eigenvalue weighted by atomic mass is 16.8. The lowest BCUT2D eigenvalue weighted by Crippen LogP contribution is -2.67. The van der Waals surface area contributed by atoms with Gasteiger partial charge in [0.15, 0.2) is 49.1 Å². The van der Waals surface area contributed by atoms with Crippen molar-refractivity contribution in [2.45, 2.75) is 116 Å². The van der Waals surface area contributed by atoms with Gasteiger partial charge in [-0.2, -0.15) is 0 Å². The molecule has 3 fully saturated rings. The zero-order chi connectivity index (χ0) is 38.9. The number of amides is 1. The highest BCUT2D eigenvalue weighted by Gasteiger charge is 2.58. The fourth-order valence-corrected chi connectivity index (χ4v) is 5.30. The summed E-state index contributed by atoms with van der Waals surface area (Å²) >= 11 is 0. The van der Waals surface area contributed by atoms with Crippen LogP contribution in [0.2, 0.25) is 0 Å². The Balaban J connectivity index is 2.12. The summed E-state index contributed by atoms with van der Waals surface area (Å²) < 4.78 is 65.7. The summed E-state index contributed by atoms with van der Waals surface area (Å²) in [6.45, 7) is 5.26. The molecule has 52 heavy (non-hydrogen) atoms. The summed E-state index contributed by atoms with van der Waals surface area (Å²) in [6.07, 6.45) is -17.7. The quantitative estimate of drug-likeness (QED) is 0.117. The lowest BCUT2D eigenvalue weighted by molar-refractivity contribution is -0.361. The normalized spacial score (nSPS) is 31.2. The van der Waals surface area contributed by atoms with Crippen LogP contribution in [0.3, 0.4) is 0 Å². The molecule has 0 aliphatic carbocycles. The summed E-state index contributed by atoms with van der Waals surface area (Å²) in [6, 6.07) is -1.32. The Morgan fingerprint density at radius 2 is 0.923 bits per heavy atom. The maximum Gasteiger partial charge on any atom is 0.415 e. The van der Waals surface area contributed by atoms with Gasteiger partial charge < -0.3 is 62.2 Å². The summed E-state index contributed by atoms with van der Waals surface area (Å²) in [5.41, 5.74) is 0. The number of cyclic esters (lactones) is 2. The van der Waals surface area contributed by atoms with Crippen molar-refractivity contribution < 1.29 is 100.0 Å². The van der Waals surface area contributed by atoms with Crippen molar-refractivity contribution in [3.8, 4) is 0 Å². The maximum atomic E-state index is 12.5. The first-order valence-corrected chi connectivity index (χ1v) is 15.6. The molecule has 3 rings (SSSR count). The van der Waals surface area contributed by atoms with E-state index >= 15 is 0 Å². The second-order valence-electron chi connectivity index (χ2n) is 11.4. The SMILES string of the molecule is CC(=O)OC[C@H]1O[C@@H](O[C@H]2[C@H](OC(C)=O)[C@@H](OC(C)=O)[C@H](OC[C@@H]3NC(=O)OC3=O)O[C@@H]2COC(C)=O)[C@H](OC(C)=O)[C@@H](OC(C)=O)[C@H]1OC(C)=O. The molecule has 11 atom stereocenters. The van der Waals surface area contributed by atoms with E-state index in [4.69, 9.17) is 52.1 Å². The Morgan fingerprint density at radius 3 is 1.37 bits per heavy atom. The van der Waals surface area contributed by atoms with Gasteiger partial charge in [0, 0.05) is 48.5 Å². The average Bonchev–Trinajstić information content (AvgIpc) is 3.34. The molecule has 22 heteroatoms. The van der Waals surface area contributed by atoms with Gasteiger partial charge in [0.1, 0.15) is 31.5 Å². The average molecular weight is 750 g/mol. The number of carbonyl (C=O) groups is 9. The Hall–Kier alpha value is -4.93. The molecule has 3 saturated heterocycles. The van der Waals surface area contributed by atoms with Crippen molar-refractivity contribution in [2.75, 3.05) is 19.8 Å². The lowest BCUT2D eigenvalue weighted by atomic mass is 9.96. The Bertz CT molecular complexity index is 1400. The van der Waals surface area contributed by atoms with Crippen molar-refractivity contribution in [3.05, 3.63) is 0 Å². The van der Waals surface area contributed by atoms with Crippen molar-refractivity contribution in [1.29, 1.82) is 0 Å². The number of ether oxygens (including phenoxy) is 12. The number of hydrogen-bond donors (Lipinski definition) is 1. The van der Waals surface area contributed by atoms with Crippen LogP contribution in [0.25, 0.3) is 0 Å². The van der Waals surface area contributed by atoms with Crippen molar-refractivity contribution >= 4 is 53.8 Å². The van der Waals surface area contributed by atoms with Crippen LogP contribution in [0.15, 0.2) is 0 Å². The van der Waals surface area contributed by atoms with E-state index in [0.29, 0.717) is 0 Å². The van der Waals surface area contributed by atoms with E-state index in [0.717, 1.165) is 48.5 Å². The largest absolute Gasteiger partial charge is 0.463 e. The van der Waals surface area contributed by atoms with Gasteiger partial charge in [-0.25, -0.2) is 9.59 Å². The number of hydrogen-bond acceptors (Lipinski definition) is 21. The summed E-state index contributed by atoms with van der Waals surface area (Å²) in [4.78, 5) is 109. The molecule has 3 aliphatic heterocycles. The third-order valence-corrected chi connectivity index (χ3v) is 7.08. The second kappa shape index (κ2) is 18.5. The molecule has 3 aliphatic rings. The van der Waals surface area contributed by atoms with Gasteiger partial charge in [0.05, 0.1) is 6.61 Å². The van der Waals surface area contributed by atoms with Crippen LogP contribution in [0.5, 0.6) is 0 Å². The Kier molecular flexibility index (Phi) is 14.8. The van der Waals surface area contributed by atoms with Gasteiger partial charge in [-0.15, -0.1) is 0 Å². The monoisotopic (exact) mass is 749 g/mol. The zero-order valence-corrected chi connectivity index (χ0v) is 29.0. The van der Waals surface area contributed by atoms with Gasteiger partial charge in [-0.1, -0.05) is 0 Å². The fourth-order valence-electron chi connectivity index (χ4n) is 5.30. The molecular weight excluding hydrogens is 710 g/mol. The first-order valence-electron chi connectivity index (χ1n) is 15.6. The molecule has 0 radical (unpaired) electrons. The van der Waals surface area contributed by atoms with Crippen molar-refractivity contribution in [1.82, 2.24) is 5.32 Å². The number of nitrogens with one attached hydrogen (secondary N) is 1. The van der Waals surface area contributed by atoms with E-state index in [2.05, 4.69) is 10.1 Å². The third-order valence-electron chi connectivity index (χ3n) is 7.08. The van der Waals surface area contributed by atoms with E-state index in [1.807, 2.05) is 0 Å². The van der Waals surface area contributed by atoms with Crippen LogP contribution in [0.4, 0.5) is 4.79 Å². The topological polar surface area (TPSA) is 276 Å². The van der Waals surface area contributed by atoms with Crippen LogP contribution in [-0.4, -0.2) is 141 Å². The molecule has 0 spiro atoms. The molecule has 22 nitrogen and oxygen atoms in total. The minimum Gasteiger partial charge on any atom is -0.463 e. The molecule has 290 valence electrons. The van der Waals surface area contributed by atoms with Crippen LogP contribution < -0.4 is 5.32 Å². The number of esters is 8. The van der Waals surface area contributed by atoms with E-state index in [1.165, 1.54) is 0 Å². The van der Waals surface area contributed by atoms with Gasteiger partial charge in [-0.3, -0.25) is 33.6 Å². The predicted molar refractivity (Wildman–Crippen MR) is 158 cm³/mol. The van der Waals surface area contributed by atoms with Crippen LogP contribution in [0, 0.1) is 0 Å². The van der Waals surface area contributed by atoms with Crippen LogP contribution in [-0.2, 0) is 95.2 Å². The first kappa shape index (κ1) is 41.5. The fraction of sp³-hybridized carbons (Fsp3) is 0.700. The number of rotatable bonds is 14.